The molecule has 1 amide bonds. The number of hydrogen-bond donors (Lipinski definition) is 0. The fraction of sp³-hybridized carbons (Fsp3) is 0.333. The van der Waals surface area contributed by atoms with Crippen LogP contribution in [0.2, 0.25) is 0 Å². The molecular weight excluding hydrogens is 198 g/mol. The van der Waals surface area contributed by atoms with Crippen LogP contribution in [0.5, 0.6) is 0 Å². The smallest absolute Gasteiger partial charge is 0.267 e. The Kier molecular flexibility index (Phi) is 2.33. The van der Waals surface area contributed by atoms with Crippen molar-refractivity contribution in [1.29, 1.82) is 0 Å². The predicted octanol–water partition coefficient (Wildman–Crippen LogP) is 1.29. The molecule has 1 unspecified atom stereocenters. The number of carbonyl (C=O) groups is 1. The monoisotopic (exact) mass is 207 g/mol. The fourth-order valence-corrected chi connectivity index (χ4v) is 1.70. The van der Waals surface area contributed by atoms with E-state index in [4.69, 9.17) is 0 Å². The average Bonchev–Trinajstić information content (AvgIpc) is 2.16. The summed E-state index contributed by atoms with van der Waals surface area (Å²) >= 11 is 1.44. The summed E-state index contributed by atoms with van der Waals surface area (Å²) in [6, 6.07) is 0. The van der Waals surface area contributed by atoms with Crippen LogP contribution in [0.4, 0.5) is 0 Å². The van der Waals surface area contributed by atoms with Crippen LogP contribution in [0.1, 0.15) is 6.92 Å². The number of thioether (sulfide) groups is 1. The molecule has 0 radical (unpaired) electrons. The highest BCUT2D eigenvalue weighted by atomic mass is 32.2. The highest BCUT2D eigenvalue weighted by Gasteiger charge is 2.24. The number of amidine groups is 2. The standard InChI is InChI=1S/C9H9N3OS/c1-5-3-7(13)11-8-6(5)4-10-9(12-8)14-2/h3-4,6H,1-2H3. The number of dihydropyridines is 1. The van der Waals surface area contributed by atoms with Gasteiger partial charge in [0.2, 0.25) is 0 Å². The van der Waals surface area contributed by atoms with Gasteiger partial charge in [0.25, 0.3) is 5.91 Å². The number of aliphatic imine (C=N–C) groups is 3. The molecule has 0 bridgehead atoms. The van der Waals surface area contributed by atoms with Crippen LogP contribution in [0.25, 0.3) is 0 Å². The predicted molar refractivity (Wildman–Crippen MR) is 59.1 cm³/mol. The van der Waals surface area contributed by atoms with Crippen LogP contribution < -0.4 is 0 Å². The van der Waals surface area contributed by atoms with Crippen LogP contribution in [-0.2, 0) is 4.79 Å². The first-order valence-corrected chi connectivity index (χ1v) is 5.41. The van der Waals surface area contributed by atoms with Crippen molar-refractivity contribution < 1.29 is 4.79 Å². The zero-order valence-electron chi connectivity index (χ0n) is 7.89. The maximum atomic E-state index is 11.1. The number of hydrogen-bond acceptors (Lipinski definition) is 4. The lowest BCUT2D eigenvalue weighted by molar-refractivity contribution is -0.113. The second kappa shape index (κ2) is 3.49. The second-order valence-corrected chi connectivity index (χ2v) is 3.82. The molecule has 2 rings (SSSR count). The molecule has 2 heterocycles. The lowest BCUT2D eigenvalue weighted by Crippen LogP contribution is -2.25. The van der Waals surface area contributed by atoms with E-state index in [1.165, 1.54) is 17.8 Å². The van der Waals surface area contributed by atoms with E-state index in [0.29, 0.717) is 11.0 Å². The van der Waals surface area contributed by atoms with Gasteiger partial charge in [-0.25, -0.2) is 9.98 Å². The zero-order chi connectivity index (χ0) is 10.1. The Morgan fingerprint density at radius 1 is 1.43 bits per heavy atom. The van der Waals surface area contributed by atoms with Crippen molar-refractivity contribution in [2.45, 2.75) is 6.92 Å². The minimum atomic E-state index is -0.228. The minimum Gasteiger partial charge on any atom is -0.267 e. The summed E-state index contributed by atoms with van der Waals surface area (Å²) in [4.78, 5) is 23.4. The van der Waals surface area contributed by atoms with E-state index in [1.807, 2.05) is 13.2 Å². The Morgan fingerprint density at radius 2 is 2.21 bits per heavy atom. The summed E-state index contributed by atoms with van der Waals surface area (Å²) in [5.41, 5.74) is 0.952. The van der Waals surface area contributed by atoms with E-state index in [1.54, 1.807) is 6.21 Å². The first-order chi connectivity index (χ1) is 6.70. The van der Waals surface area contributed by atoms with Gasteiger partial charge >= 0.3 is 0 Å². The molecule has 0 fully saturated rings. The molecule has 0 spiro atoms. The van der Waals surface area contributed by atoms with E-state index in [9.17, 15) is 4.79 Å². The molecule has 2 aliphatic rings. The van der Waals surface area contributed by atoms with Crippen molar-refractivity contribution in [3.05, 3.63) is 11.6 Å². The van der Waals surface area contributed by atoms with E-state index in [-0.39, 0.29) is 11.8 Å². The van der Waals surface area contributed by atoms with Crippen molar-refractivity contribution >= 4 is 34.9 Å². The Hall–Kier alpha value is -1.23. The largest absolute Gasteiger partial charge is 0.271 e. The summed E-state index contributed by atoms with van der Waals surface area (Å²) in [5, 5.41) is 0.655. The maximum Gasteiger partial charge on any atom is 0.271 e. The molecule has 14 heavy (non-hydrogen) atoms. The van der Waals surface area contributed by atoms with E-state index < -0.39 is 0 Å². The molecule has 0 N–H and O–H groups in total. The van der Waals surface area contributed by atoms with Gasteiger partial charge in [0.1, 0.15) is 5.84 Å². The molecule has 0 aromatic heterocycles. The van der Waals surface area contributed by atoms with Crippen LogP contribution in [0.3, 0.4) is 0 Å². The van der Waals surface area contributed by atoms with Crippen molar-refractivity contribution in [2.75, 3.05) is 6.26 Å². The Balaban J connectivity index is 2.38. The molecule has 0 aliphatic carbocycles. The van der Waals surface area contributed by atoms with E-state index in [0.717, 1.165) is 5.57 Å². The van der Waals surface area contributed by atoms with Crippen molar-refractivity contribution in [1.82, 2.24) is 0 Å². The van der Waals surface area contributed by atoms with Crippen LogP contribution in [0.15, 0.2) is 26.6 Å². The van der Waals surface area contributed by atoms with Gasteiger partial charge < -0.3 is 0 Å². The third kappa shape index (κ3) is 1.55. The number of nitrogens with zero attached hydrogens (tertiary/aromatic N) is 3. The van der Waals surface area contributed by atoms with Gasteiger partial charge in [-0.05, 0) is 13.2 Å². The van der Waals surface area contributed by atoms with Crippen molar-refractivity contribution in [3.63, 3.8) is 0 Å². The highest BCUT2D eigenvalue weighted by molar-refractivity contribution is 8.13. The van der Waals surface area contributed by atoms with Gasteiger partial charge in [0.05, 0.1) is 5.92 Å². The number of carbonyl (C=O) groups excluding carboxylic acids is 1. The fourth-order valence-electron chi connectivity index (χ4n) is 1.35. The van der Waals surface area contributed by atoms with Gasteiger partial charge in [-0.1, -0.05) is 17.3 Å². The number of amides is 1. The zero-order valence-corrected chi connectivity index (χ0v) is 8.71. The first-order valence-electron chi connectivity index (χ1n) is 4.18. The Morgan fingerprint density at radius 3 is 2.93 bits per heavy atom. The topological polar surface area (TPSA) is 54.1 Å². The molecule has 0 aromatic rings. The van der Waals surface area contributed by atoms with Gasteiger partial charge in [-0.15, -0.1) is 0 Å². The maximum absolute atomic E-state index is 11.1. The molecule has 5 heteroatoms. The lowest BCUT2D eigenvalue weighted by atomic mass is 9.97. The third-order valence-corrected chi connectivity index (χ3v) is 2.63. The van der Waals surface area contributed by atoms with Gasteiger partial charge in [-0.2, -0.15) is 4.99 Å². The van der Waals surface area contributed by atoms with E-state index in [2.05, 4.69) is 15.0 Å². The van der Waals surface area contributed by atoms with Crippen molar-refractivity contribution in [2.24, 2.45) is 20.9 Å². The highest BCUT2D eigenvalue weighted by Crippen LogP contribution is 2.21. The van der Waals surface area contributed by atoms with Crippen LogP contribution in [0, 0.1) is 5.92 Å². The minimum absolute atomic E-state index is 0.0106. The molecule has 1 atom stereocenters. The number of rotatable bonds is 0. The molecule has 2 aliphatic heterocycles. The molecule has 0 saturated heterocycles. The summed E-state index contributed by atoms with van der Waals surface area (Å²) in [5.74, 6) is 0.325. The molecule has 4 nitrogen and oxygen atoms in total. The second-order valence-electron chi connectivity index (χ2n) is 3.05. The molecule has 72 valence electrons. The SMILES string of the molecule is CSC1=NC2=NC(=O)C=C(C)C2C=N1. The third-order valence-electron chi connectivity index (χ3n) is 2.07. The lowest BCUT2D eigenvalue weighted by Gasteiger charge is -2.18. The molecular formula is C9H9N3OS. The van der Waals surface area contributed by atoms with Gasteiger partial charge in [0.15, 0.2) is 5.17 Å². The first kappa shape index (κ1) is 9.33. The summed E-state index contributed by atoms with van der Waals surface area (Å²) < 4.78 is 0. The van der Waals surface area contributed by atoms with E-state index >= 15 is 0 Å². The average molecular weight is 207 g/mol. The Labute approximate surface area is 85.9 Å². The molecule has 0 saturated carbocycles. The summed E-state index contributed by atoms with van der Waals surface area (Å²) in [7, 11) is 0. The Bertz CT molecular complexity index is 404. The van der Waals surface area contributed by atoms with Crippen LogP contribution in [-0.4, -0.2) is 29.4 Å². The molecule has 0 aromatic carbocycles. The summed E-state index contributed by atoms with van der Waals surface area (Å²) in [6.07, 6.45) is 5.21. The normalized spacial score (nSPS) is 25.1. The quantitative estimate of drug-likeness (QED) is 0.601. The van der Waals surface area contributed by atoms with Gasteiger partial charge in [-0.3, -0.25) is 4.79 Å². The summed E-state index contributed by atoms with van der Waals surface area (Å²) in [6.45, 7) is 1.89. The van der Waals surface area contributed by atoms with Crippen LogP contribution >= 0.6 is 11.8 Å². The number of fused-ring (bicyclic) bond motifs is 1. The van der Waals surface area contributed by atoms with Gasteiger partial charge in [0, 0.05) is 12.3 Å². The van der Waals surface area contributed by atoms with Crippen molar-refractivity contribution in [3.8, 4) is 0 Å².